The van der Waals surface area contributed by atoms with Crippen LogP contribution in [0, 0.1) is 5.92 Å². The lowest BCUT2D eigenvalue weighted by atomic mass is 9.89. The topological polar surface area (TPSA) is 97.8 Å². The molecule has 4 atom stereocenters. The molecule has 4 aromatic rings. The first-order chi connectivity index (χ1) is 24.4. The van der Waals surface area contributed by atoms with Crippen LogP contribution in [0.4, 0.5) is 0 Å². The van der Waals surface area contributed by atoms with E-state index < -0.39 is 12.1 Å². The van der Waals surface area contributed by atoms with Crippen LogP contribution in [-0.2, 0) is 32.1 Å². The molecule has 4 aliphatic heterocycles. The van der Waals surface area contributed by atoms with E-state index in [0.29, 0.717) is 24.3 Å². The van der Waals surface area contributed by atoms with Crippen LogP contribution in [0.25, 0.3) is 11.1 Å². The molecule has 258 valence electrons. The summed E-state index contributed by atoms with van der Waals surface area (Å²) >= 11 is 0. The van der Waals surface area contributed by atoms with E-state index in [2.05, 4.69) is 11.8 Å². The number of piperidine rings is 1. The number of hydrogen-bond donors (Lipinski definition) is 1. The van der Waals surface area contributed by atoms with Gasteiger partial charge in [0.1, 0.15) is 0 Å². The SMILES string of the molecule is C[C@H]1[C@@H](CN2CCC3(CC2)OCCO3)O[C@@H](c2ccc(-c3ccccc3CN3C(=O)c4ccccc4C3=O)cc2)O[C@H]1c1ccc(CO)cc1. The van der Waals surface area contributed by atoms with Crippen LogP contribution in [0.5, 0.6) is 0 Å². The highest BCUT2D eigenvalue weighted by molar-refractivity contribution is 6.21. The number of amides is 2. The molecule has 4 aliphatic rings. The molecule has 3 saturated heterocycles. The highest BCUT2D eigenvalue weighted by Gasteiger charge is 2.43. The zero-order chi connectivity index (χ0) is 34.2. The van der Waals surface area contributed by atoms with Crippen LogP contribution in [0.15, 0.2) is 97.1 Å². The Labute approximate surface area is 292 Å². The Hall–Kier alpha value is -4.22. The number of nitrogens with zero attached hydrogens (tertiary/aromatic N) is 2. The summed E-state index contributed by atoms with van der Waals surface area (Å²) in [6.45, 7) is 6.22. The minimum Gasteiger partial charge on any atom is -0.392 e. The largest absolute Gasteiger partial charge is 0.392 e. The van der Waals surface area contributed by atoms with Crippen LogP contribution in [0.2, 0.25) is 0 Å². The third-order valence-corrected chi connectivity index (χ3v) is 10.7. The minimum atomic E-state index is -0.584. The van der Waals surface area contributed by atoms with Crippen molar-refractivity contribution in [1.82, 2.24) is 9.80 Å². The number of aliphatic hydroxyl groups excluding tert-OH is 1. The zero-order valence-corrected chi connectivity index (χ0v) is 28.2. The van der Waals surface area contributed by atoms with Crippen molar-refractivity contribution in [3.05, 3.63) is 130 Å². The number of ether oxygens (including phenoxy) is 4. The van der Waals surface area contributed by atoms with Gasteiger partial charge in [-0.2, -0.15) is 0 Å². The number of carbonyl (C=O) groups is 2. The molecule has 1 N–H and O–H groups in total. The number of rotatable bonds is 8. The molecule has 50 heavy (non-hydrogen) atoms. The molecular formula is C41H42N2O7. The van der Waals surface area contributed by atoms with Crippen LogP contribution >= 0.6 is 0 Å². The maximum absolute atomic E-state index is 13.1. The van der Waals surface area contributed by atoms with Gasteiger partial charge in [0.2, 0.25) is 0 Å². The third-order valence-electron chi connectivity index (χ3n) is 10.7. The quantitative estimate of drug-likeness (QED) is 0.219. The van der Waals surface area contributed by atoms with Gasteiger partial charge >= 0.3 is 0 Å². The maximum atomic E-state index is 13.1. The van der Waals surface area contributed by atoms with E-state index in [9.17, 15) is 14.7 Å². The Kier molecular flexibility index (Phi) is 9.11. The second kappa shape index (κ2) is 13.8. The first-order valence-corrected chi connectivity index (χ1v) is 17.6. The Balaban J connectivity index is 1.02. The number of hydrogen-bond acceptors (Lipinski definition) is 8. The van der Waals surface area contributed by atoms with Crippen LogP contribution < -0.4 is 0 Å². The molecule has 0 aromatic heterocycles. The third kappa shape index (κ3) is 6.30. The molecule has 0 radical (unpaired) electrons. The number of carbonyl (C=O) groups excluding carboxylic acids is 2. The highest BCUT2D eigenvalue weighted by atomic mass is 16.7. The Morgan fingerprint density at radius 1 is 0.740 bits per heavy atom. The normalized spacial score (nSPS) is 25.0. The van der Waals surface area contributed by atoms with E-state index in [1.54, 1.807) is 24.3 Å². The van der Waals surface area contributed by atoms with Crippen molar-refractivity contribution in [2.24, 2.45) is 5.92 Å². The van der Waals surface area contributed by atoms with E-state index in [0.717, 1.165) is 65.9 Å². The van der Waals surface area contributed by atoms with Crippen LogP contribution in [0.1, 0.15) is 75.1 Å². The first-order valence-electron chi connectivity index (χ1n) is 17.6. The van der Waals surface area contributed by atoms with Crippen molar-refractivity contribution >= 4 is 11.8 Å². The van der Waals surface area contributed by atoms with Gasteiger partial charge < -0.3 is 29.0 Å². The van der Waals surface area contributed by atoms with Crippen molar-refractivity contribution in [3.63, 3.8) is 0 Å². The second-order valence-corrected chi connectivity index (χ2v) is 13.8. The molecule has 8 rings (SSSR count). The van der Waals surface area contributed by atoms with E-state index in [4.69, 9.17) is 18.9 Å². The number of imide groups is 1. The summed E-state index contributed by atoms with van der Waals surface area (Å²) < 4.78 is 25.4. The smallest absolute Gasteiger partial charge is 0.261 e. The molecule has 1 spiro atoms. The van der Waals surface area contributed by atoms with Gasteiger partial charge in [-0.1, -0.05) is 91.9 Å². The summed E-state index contributed by atoms with van der Waals surface area (Å²) in [6, 6.07) is 31.0. The predicted molar refractivity (Wildman–Crippen MR) is 186 cm³/mol. The van der Waals surface area contributed by atoms with Gasteiger partial charge in [0.05, 0.1) is 49.7 Å². The molecule has 4 aromatic carbocycles. The lowest BCUT2D eigenvalue weighted by Crippen LogP contribution is -2.50. The molecular weight excluding hydrogens is 632 g/mol. The predicted octanol–water partition coefficient (Wildman–Crippen LogP) is 6.27. The molecule has 0 saturated carbocycles. The number of likely N-dealkylation sites (tertiary alicyclic amines) is 1. The van der Waals surface area contributed by atoms with Gasteiger partial charge in [-0.05, 0) is 39.9 Å². The molecule has 9 nitrogen and oxygen atoms in total. The summed E-state index contributed by atoms with van der Waals surface area (Å²) in [7, 11) is 0. The summed E-state index contributed by atoms with van der Waals surface area (Å²) in [5.74, 6) is -0.885. The lowest BCUT2D eigenvalue weighted by Gasteiger charge is -2.44. The molecule has 0 aliphatic carbocycles. The van der Waals surface area contributed by atoms with Crippen molar-refractivity contribution in [2.75, 3.05) is 32.8 Å². The van der Waals surface area contributed by atoms with E-state index >= 15 is 0 Å². The minimum absolute atomic E-state index is 0.00657. The van der Waals surface area contributed by atoms with E-state index in [1.165, 1.54) is 4.90 Å². The second-order valence-electron chi connectivity index (χ2n) is 13.8. The zero-order valence-electron chi connectivity index (χ0n) is 28.2. The van der Waals surface area contributed by atoms with Gasteiger partial charge in [0.25, 0.3) is 11.8 Å². The Morgan fingerprint density at radius 2 is 1.34 bits per heavy atom. The summed E-state index contributed by atoms with van der Waals surface area (Å²) in [6.07, 6.45) is 0.811. The summed E-state index contributed by atoms with van der Waals surface area (Å²) in [4.78, 5) is 30.0. The van der Waals surface area contributed by atoms with E-state index in [1.807, 2.05) is 72.8 Å². The summed E-state index contributed by atoms with van der Waals surface area (Å²) in [5.41, 5.74) is 6.52. The number of aliphatic hydroxyl groups is 1. The monoisotopic (exact) mass is 674 g/mol. The first kappa shape index (κ1) is 33.0. The number of benzene rings is 4. The van der Waals surface area contributed by atoms with Crippen LogP contribution in [-0.4, -0.2) is 71.5 Å². The maximum Gasteiger partial charge on any atom is 0.261 e. The summed E-state index contributed by atoms with van der Waals surface area (Å²) in [5, 5.41) is 9.63. The van der Waals surface area contributed by atoms with Gasteiger partial charge in [-0.3, -0.25) is 14.5 Å². The lowest BCUT2D eigenvalue weighted by molar-refractivity contribution is -0.278. The number of fused-ring (bicyclic) bond motifs is 1. The average molecular weight is 675 g/mol. The molecule has 2 amide bonds. The van der Waals surface area contributed by atoms with Crippen molar-refractivity contribution in [1.29, 1.82) is 0 Å². The molecule has 3 fully saturated rings. The van der Waals surface area contributed by atoms with Crippen molar-refractivity contribution < 1.29 is 33.6 Å². The average Bonchev–Trinajstić information content (AvgIpc) is 3.72. The van der Waals surface area contributed by atoms with Gasteiger partial charge in [0.15, 0.2) is 12.1 Å². The van der Waals surface area contributed by atoms with Crippen molar-refractivity contribution in [3.8, 4) is 11.1 Å². The molecule has 0 unspecified atom stereocenters. The standard InChI is InChI=1S/C41H42N2O7/c1-27-36(25-42-20-18-41(19-21-42)47-22-23-48-41)49-40(50-37(27)30-12-10-28(26-44)11-13-30)31-16-14-29(15-17-31)33-7-3-2-6-32(33)24-43-38(45)34-8-4-5-9-35(34)39(43)46/h2-17,27,36-37,40,44H,18-26H2,1H3/t27-,36+,37+,40+/m0/s1. The van der Waals surface area contributed by atoms with Gasteiger partial charge in [0, 0.05) is 44.0 Å². The molecule has 4 heterocycles. The van der Waals surface area contributed by atoms with Crippen LogP contribution in [0.3, 0.4) is 0 Å². The van der Waals surface area contributed by atoms with Crippen molar-refractivity contribution in [2.45, 2.75) is 57.2 Å². The van der Waals surface area contributed by atoms with Gasteiger partial charge in [-0.25, -0.2) is 0 Å². The highest BCUT2D eigenvalue weighted by Crippen LogP contribution is 2.43. The Bertz CT molecular complexity index is 1810. The Morgan fingerprint density at radius 3 is 1.98 bits per heavy atom. The fraction of sp³-hybridized carbons (Fsp3) is 0.366. The van der Waals surface area contributed by atoms with E-state index in [-0.39, 0.29) is 43.1 Å². The fourth-order valence-corrected chi connectivity index (χ4v) is 7.76. The molecule has 9 heteroatoms. The fourth-order valence-electron chi connectivity index (χ4n) is 7.76. The van der Waals surface area contributed by atoms with Gasteiger partial charge in [-0.15, -0.1) is 0 Å². The molecule has 0 bridgehead atoms.